The molecule has 0 radical (unpaired) electrons. The minimum Gasteiger partial charge on any atom is -0.242 e. The Labute approximate surface area is 110 Å². The average Bonchev–Trinajstić information content (AvgIpc) is 2.16. The van der Waals surface area contributed by atoms with Gasteiger partial charge in [0.15, 0.2) is 5.15 Å². The first-order valence-electron chi connectivity index (χ1n) is 5.32. The maximum atomic E-state index is 12.0. The minimum absolute atomic E-state index is 0.322. The summed E-state index contributed by atoms with van der Waals surface area (Å²) in [6.07, 6.45) is 0. The fraction of sp³-hybridized carbons (Fsp3) is 0.636. The van der Waals surface area contributed by atoms with E-state index in [0.717, 1.165) is 0 Å². The second-order valence-electron chi connectivity index (χ2n) is 5.35. The van der Waals surface area contributed by atoms with Crippen LogP contribution >= 0.6 is 11.6 Å². The predicted octanol–water partition coefficient (Wildman–Crippen LogP) is 2.42. The molecule has 0 aliphatic heterocycles. The standard InChI is InChI=1S/C11H18ClN3OS/c1-10(2,3)17(16)15-11(4,5)8-6-7-9(12)14-13-8/h6-7,15H,1-5H3. The molecule has 96 valence electrons. The van der Waals surface area contributed by atoms with Crippen LogP contribution in [0.4, 0.5) is 0 Å². The lowest BCUT2D eigenvalue weighted by molar-refractivity contribution is 0.467. The molecule has 0 aromatic carbocycles. The van der Waals surface area contributed by atoms with Gasteiger partial charge in [0, 0.05) is 0 Å². The van der Waals surface area contributed by atoms with E-state index in [1.54, 1.807) is 12.1 Å². The van der Waals surface area contributed by atoms with E-state index in [1.807, 2.05) is 34.6 Å². The highest BCUT2D eigenvalue weighted by Gasteiger charge is 2.29. The van der Waals surface area contributed by atoms with Crippen LogP contribution in [0.25, 0.3) is 0 Å². The van der Waals surface area contributed by atoms with Crippen molar-refractivity contribution in [2.45, 2.75) is 44.9 Å². The monoisotopic (exact) mass is 275 g/mol. The van der Waals surface area contributed by atoms with Gasteiger partial charge in [-0.25, -0.2) is 8.93 Å². The zero-order chi connectivity index (χ0) is 13.3. The van der Waals surface area contributed by atoms with E-state index in [-0.39, 0.29) is 4.75 Å². The van der Waals surface area contributed by atoms with Crippen LogP contribution in [0.5, 0.6) is 0 Å². The number of halogens is 1. The molecule has 1 atom stereocenters. The van der Waals surface area contributed by atoms with Gasteiger partial charge in [-0.15, -0.1) is 5.10 Å². The van der Waals surface area contributed by atoms with Crippen molar-refractivity contribution in [3.8, 4) is 0 Å². The normalized spacial score (nSPS) is 14.7. The Morgan fingerprint density at radius 1 is 1.18 bits per heavy atom. The number of nitrogens with one attached hydrogen (secondary N) is 1. The first kappa shape index (κ1) is 14.5. The van der Waals surface area contributed by atoms with Crippen LogP contribution < -0.4 is 4.72 Å². The highest BCUT2D eigenvalue weighted by Crippen LogP contribution is 2.21. The molecule has 0 amide bonds. The summed E-state index contributed by atoms with van der Waals surface area (Å²) in [4.78, 5) is 0. The molecular weight excluding hydrogens is 258 g/mol. The molecule has 0 bridgehead atoms. The summed E-state index contributed by atoms with van der Waals surface area (Å²) >= 11 is 5.69. The van der Waals surface area contributed by atoms with Crippen LogP contribution in [-0.2, 0) is 16.5 Å². The van der Waals surface area contributed by atoms with Crippen LogP contribution in [0.3, 0.4) is 0 Å². The highest BCUT2D eigenvalue weighted by molar-refractivity contribution is 7.84. The number of hydrogen-bond donors (Lipinski definition) is 1. The summed E-state index contributed by atoms with van der Waals surface area (Å²) in [6.45, 7) is 9.57. The van der Waals surface area contributed by atoms with Crippen molar-refractivity contribution >= 4 is 22.6 Å². The molecule has 0 saturated heterocycles. The quantitative estimate of drug-likeness (QED) is 0.922. The van der Waals surface area contributed by atoms with Gasteiger partial charge in [0.1, 0.15) is 0 Å². The summed E-state index contributed by atoms with van der Waals surface area (Å²) in [7, 11) is -1.16. The van der Waals surface area contributed by atoms with E-state index in [0.29, 0.717) is 10.8 Å². The zero-order valence-electron chi connectivity index (χ0n) is 10.7. The third kappa shape index (κ3) is 4.01. The Bertz CT molecular complexity index is 412. The summed E-state index contributed by atoms with van der Waals surface area (Å²) < 4.78 is 14.8. The molecule has 1 unspecified atom stereocenters. The summed E-state index contributed by atoms with van der Waals surface area (Å²) in [5, 5.41) is 8.15. The predicted molar refractivity (Wildman–Crippen MR) is 71.1 cm³/mol. The molecule has 0 saturated carbocycles. The van der Waals surface area contributed by atoms with E-state index in [9.17, 15) is 4.21 Å². The van der Waals surface area contributed by atoms with E-state index < -0.39 is 16.5 Å². The summed E-state index contributed by atoms with van der Waals surface area (Å²) in [6, 6.07) is 3.45. The molecule has 1 heterocycles. The second-order valence-corrected chi connectivity index (χ2v) is 7.70. The summed E-state index contributed by atoms with van der Waals surface area (Å²) in [5.74, 6) is 0. The molecule has 17 heavy (non-hydrogen) atoms. The number of nitrogens with zero attached hydrogens (tertiary/aromatic N) is 2. The Kier molecular flexibility index (Phi) is 4.28. The molecule has 0 fully saturated rings. The lowest BCUT2D eigenvalue weighted by Gasteiger charge is -2.29. The van der Waals surface area contributed by atoms with Gasteiger partial charge in [0.05, 0.1) is 27.0 Å². The van der Waals surface area contributed by atoms with Gasteiger partial charge in [0.25, 0.3) is 0 Å². The maximum Gasteiger partial charge on any atom is 0.151 e. The lowest BCUT2D eigenvalue weighted by Crippen LogP contribution is -2.44. The van der Waals surface area contributed by atoms with Crippen LogP contribution in [0, 0.1) is 0 Å². The Hall–Kier alpha value is -0.520. The van der Waals surface area contributed by atoms with Crippen molar-refractivity contribution in [1.29, 1.82) is 0 Å². The smallest absolute Gasteiger partial charge is 0.151 e. The SMILES string of the molecule is CC(C)(NS(=O)C(C)(C)C)c1ccc(Cl)nn1. The van der Waals surface area contributed by atoms with Crippen LogP contribution in [0.15, 0.2) is 12.1 Å². The molecule has 0 aliphatic rings. The average molecular weight is 276 g/mol. The van der Waals surface area contributed by atoms with Gasteiger partial charge in [0.2, 0.25) is 0 Å². The third-order valence-corrected chi connectivity index (χ3v) is 4.19. The molecule has 1 rings (SSSR count). The van der Waals surface area contributed by atoms with E-state index in [1.165, 1.54) is 0 Å². The number of hydrogen-bond acceptors (Lipinski definition) is 3. The van der Waals surface area contributed by atoms with Gasteiger partial charge >= 0.3 is 0 Å². The van der Waals surface area contributed by atoms with E-state index in [4.69, 9.17) is 11.6 Å². The van der Waals surface area contributed by atoms with Crippen LogP contribution in [0.1, 0.15) is 40.3 Å². The molecule has 1 aromatic rings. The lowest BCUT2D eigenvalue weighted by atomic mass is 10.0. The Morgan fingerprint density at radius 2 is 1.76 bits per heavy atom. The van der Waals surface area contributed by atoms with Gasteiger partial charge in [-0.2, -0.15) is 5.10 Å². The molecule has 0 spiro atoms. The molecule has 6 heteroatoms. The van der Waals surface area contributed by atoms with Crippen molar-refractivity contribution in [2.75, 3.05) is 0 Å². The molecule has 1 aromatic heterocycles. The third-order valence-electron chi connectivity index (χ3n) is 2.18. The van der Waals surface area contributed by atoms with E-state index >= 15 is 0 Å². The Morgan fingerprint density at radius 3 is 2.18 bits per heavy atom. The number of aromatic nitrogens is 2. The second kappa shape index (κ2) is 5.00. The fourth-order valence-corrected chi connectivity index (χ4v) is 2.06. The first-order chi connectivity index (χ1) is 7.63. The highest BCUT2D eigenvalue weighted by atomic mass is 35.5. The van der Waals surface area contributed by atoms with Crippen molar-refractivity contribution in [3.05, 3.63) is 23.0 Å². The van der Waals surface area contributed by atoms with Crippen LogP contribution in [-0.4, -0.2) is 19.2 Å². The zero-order valence-corrected chi connectivity index (χ0v) is 12.3. The van der Waals surface area contributed by atoms with Gasteiger partial charge in [-0.1, -0.05) is 11.6 Å². The van der Waals surface area contributed by atoms with E-state index in [2.05, 4.69) is 14.9 Å². The topological polar surface area (TPSA) is 54.9 Å². The first-order valence-corrected chi connectivity index (χ1v) is 6.85. The number of rotatable bonds is 3. The molecular formula is C11H18ClN3OS. The Balaban J connectivity index is 2.89. The summed E-state index contributed by atoms with van der Waals surface area (Å²) in [5.41, 5.74) is 0.190. The maximum absolute atomic E-state index is 12.0. The van der Waals surface area contributed by atoms with Crippen molar-refractivity contribution in [3.63, 3.8) is 0 Å². The molecule has 0 aliphatic carbocycles. The fourth-order valence-electron chi connectivity index (χ4n) is 1.09. The van der Waals surface area contributed by atoms with Crippen LogP contribution in [0.2, 0.25) is 5.15 Å². The largest absolute Gasteiger partial charge is 0.242 e. The van der Waals surface area contributed by atoms with Crippen molar-refractivity contribution < 1.29 is 4.21 Å². The van der Waals surface area contributed by atoms with Gasteiger partial charge < -0.3 is 0 Å². The van der Waals surface area contributed by atoms with Crippen molar-refractivity contribution in [2.24, 2.45) is 0 Å². The van der Waals surface area contributed by atoms with Gasteiger partial charge in [-0.3, -0.25) is 0 Å². The molecule has 4 nitrogen and oxygen atoms in total. The van der Waals surface area contributed by atoms with Gasteiger partial charge in [-0.05, 0) is 46.8 Å². The molecule has 1 N–H and O–H groups in total. The minimum atomic E-state index is -1.16. The van der Waals surface area contributed by atoms with Crippen molar-refractivity contribution in [1.82, 2.24) is 14.9 Å².